The van der Waals surface area contributed by atoms with E-state index in [1.54, 1.807) is 0 Å². The quantitative estimate of drug-likeness (QED) is 0.182. The monoisotopic (exact) mass is 590 g/mol. The van der Waals surface area contributed by atoms with Crippen LogP contribution in [0, 0.1) is 13.8 Å². The van der Waals surface area contributed by atoms with Crippen molar-refractivity contribution in [2.24, 2.45) is 0 Å². The molecule has 0 N–H and O–H groups in total. The molecule has 0 saturated heterocycles. The fourth-order valence-corrected chi connectivity index (χ4v) is 4.51. The summed E-state index contributed by atoms with van der Waals surface area (Å²) < 4.78 is 0. The molecule has 156 valence electrons. The smallest absolute Gasteiger partial charge is 1.00 e. The molecule has 0 aliphatic rings. The average molecular weight is 589 g/mol. The van der Waals surface area contributed by atoms with Gasteiger partial charge in [0.05, 0.1) is 0 Å². The minimum absolute atomic E-state index is 0. The van der Waals surface area contributed by atoms with Crippen LogP contribution in [0.2, 0.25) is 0 Å². The predicted molar refractivity (Wildman–Crippen MR) is 124 cm³/mol. The summed E-state index contributed by atoms with van der Waals surface area (Å²) in [5.74, 6) is 0. The van der Waals surface area contributed by atoms with Crippen LogP contribution in [0.4, 0.5) is 0 Å². The number of unbranched alkanes of at least 4 members (excludes halogenated alkanes) is 1. The summed E-state index contributed by atoms with van der Waals surface area (Å²) in [5.41, 5.74) is 4.37. The number of rotatable bonds is 5. The van der Waals surface area contributed by atoms with Gasteiger partial charge in [0, 0.05) is 0 Å². The Morgan fingerprint density at radius 2 is 1.60 bits per heavy atom. The van der Waals surface area contributed by atoms with Crippen LogP contribution >= 0.6 is 8.58 Å². The van der Waals surface area contributed by atoms with E-state index in [4.69, 9.17) is 0 Å². The molecular formula is C26H29F2HfP. The van der Waals surface area contributed by atoms with E-state index in [0.717, 1.165) is 8.58 Å². The zero-order valence-electron chi connectivity index (χ0n) is 17.9. The van der Waals surface area contributed by atoms with E-state index >= 15 is 0 Å². The number of benzene rings is 2. The fourth-order valence-electron chi connectivity index (χ4n) is 3.29. The number of hydrogen-bond donors (Lipinski definition) is 0. The molecular weight excluding hydrogens is 560 g/mol. The van der Waals surface area contributed by atoms with Crippen LogP contribution in [0.5, 0.6) is 0 Å². The number of hydrogen-bond acceptors (Lipinski definition) is 0. The zero-order valence-corrected chi connectivity index (χ0v) is 22.5. The van der Waals surface area contributed by atoms with Crippen molar-refractivity contribution < 1.29 is 35.3 Å². The van der Waals surface area contributed by atoms with Crippen LogP contribution in [-0.4, -0.2) is 0 Å². The van der Waals surface area contributed by atoms with Gasteiger partial charge in [-0.25, -0.2) is 12.1 Å². The van der Waals surface area contributed by atoms with Crippen molar-refractivity contribution in [1.82, 2.24) is 0 Å². The van der Waals surface area contributed by atoms with Gasteiger partial charge >= 0.3 is 25.8 Å². The Morgan fingerprint density at radius 1 is 0.900 bits per heavy atom. The summed E-state index contributed by atoms with van der Waals surface area (Å²) in [6.07, 6.45) is 3.88. The molecule has 0 heterocycles. The van der Waals surface area contributed by atoms with Crippen molar-refractivity contribution in [2.45, 2.75) is 40.0 Å². The van der Waals surface area contributed by atoms with Crippen LogP contribution in [0.25, 0.3) is 10.8 Å². The molecule has 0 aliphatic heterocycles. The molecule has 0 spiro atoms. The average Bonchev–Trinajstić information content (AvgIpc) is 3.27. The molecule has 30 heavy (non-hydrogen) atoms. The predicted octanol–water partition coefficient (Wildman–Crippen LogP) is 0.558. The van der Waals surface area contributed by atoms with Gasteiger partial charge in [-0.15, -0.1) is 40.3 Å². The van der Waals surface area contributed by atoms with Crippen molar-refractivity contribution in [3.8, 4) is 0 Å². The van der Waals surface area contributed by atoms with Gasteiger partial charge in [0.1, 0.15) is 0 Å². The first-order valence-corrected chi connectivity index (χ1v) is 10.9. The molecule has 4 aromatic carbocycles. The maximum Gasteiger partial charge on any atom is 4.00 e. The maximum atomic E-state index is 2.31. The molecule has 0 amide bonds. The van der Waals surface area contributed by atoms with Crippen LogP contribution in [0.3, 0.4) is 0 Å². The molecule has 0 bridgehead atoms. The van der Waals surface area contributed by atoms with Gasteiger partial charge in [-0.05, 0) is 17.8 Å². The Balaban J connectivity index is 0.000000569. The summed E-state index contributed by atoms with van der Waals surface area (Å²) in [5, 5.41) is 5.58. The second kappa shape index (κ2) is 14.5. The van der Waals surface area contributed by atoms with Gasteiger partial charge in [-0.3, -0.25) is 0 Å². The van der Waals surface area contributed by atoms with E-state index in [-0.39, 0.29) is 35.3 Å². The number of aryl methyl sites for hydroxylation is 3. The number of fused-ring (bicyclic) bond motifs is 1. The topological polar surface area (TPSA) is 0 Å². The second-order valence-electron chi connectivity index (χ2n) is 7.15. The number of halogens is 2. The van der Waals surface area contributed by atoms with Gasteiger partial charge in [0.2, 0.25) is 0 Å². The van der Waals surface area contributed by atoms with E-state index in [9.17, 15) is 0 Å². The molecule has 0 saturated carbocycles. The molecule has 0 aliphatic carbocycles. The summed E-state index contributed by atoms with van der Waals surface area (Å²) in [6.45, 7) is 6.61. The minimum Gasteiger partial charge on any atom is -1.00 e. The normalized spacial score (nSPS) is 9.97. The van der Waals surface area contributed by atoms with Gasteiger partial charge in [-0.2, -0.15) is 23.3 Å². The van der Waals surface area contributed by atoms with E-state index in [2.05, 4.69) is 99.6 Å². The third kappa shape index (κ3) is 8.00. The molecule has 1 unspecified atom stereocenters. The Morgan fingerprint density at radius 3 is 2.23 bits per heavy atom. The molecule has 0 radical (unpaired) electrons. The van der Waals surface area contributed by atoms with Crippen molar-refractivity contribution >= 4 is 30.0 Å². The third-order valence-corrected chi connectivity index (χ3v) is 6.40. The molecule has 0 aromatic heterocycles. The second-order valence-corrected chi connectivity index (χ2v) is 8.52. The van der Waals surface area contributed by atoms with Crippen molar-refractivity contribution in [2.75, 3.05) is 0 Å². The van der Waals surface area contributed by atoms with Gasteiger partial charge in [-0.1, -0.05) is 72.0 Å². The first-order valence-electron chi connectivity index (χ1n) is 9.86. The molecule has 0 nitrogen and oxygen atoms in total. The van der Waals surface area contributed by atoms with Crippen molar-refractivity contribution in [3.63, 3.8) is 0 Å². The van der Waals surface area contributed by atoms with Crippen molar-refractivity contribution in [1.29, 1.82) is 0 Å². The standard InChI is InChI=1S/C16H14P.C10H15.2FH.Hf/c1-12-6-2-5-9-16(12)17-15-10-13-7-3-4-8-14(13)11-15;1-3-4-7-10-8-5-6-9(10)2;;;/h2-11,17H,1H3;5-6,8H,3-4,7H2,1-2H3;2*1H;/q2*-1;;;+4/p-2. The van der Waals surface area contributed by atoms with Crippen LogP contribution < -0.4 is 20.0 Å². The third-order valence-electron chi connectivity index (χ3n) is 4.99. The Hall–Kier alpha value is -1.44. The van der Waals surface area contributed by atoms with Crippen LogP contribution in [-0.2, 0) is 32.3 Å². The Labute approximate surface area is 200 Å². The van der Waals surface area contributed by atoms with E-state index in [1.165, 1.54) is 57.3 Å². The zero-order chi connectivity index (χ0) is 19.1. The van der Waals surface area contributed by atoms with Crippen molar-refractivity contribution in [3.05, 3.63) is 95.6 Å². The van der Waals surface area contributed by atoms with Gasteiger partial charge in [0.25, 0.3) is 0 Å². The summed E-state index contributed by atoms with van der Waals surface area (Å²) in [4.78, 5) is 0. The molecule has 4 rings (SSSR count). The first-order chi connectivity index (χ1) is 13.2. The summed E-state index contributed by atoms with van der Waals surface area (Å²) in [6, 6.07) is 28.4. The van der Waals surface area contributed by atoms with E-state index < -0.39 is 0 Å². The van der Waals surface area contributed by atoms with Gasteiger partial charge < -0.3 is 9.41 Å². The molecule has 0 fully saturated rings. The first kappa shape index (κ1) is 28.6. The van der Waals surface area contributed by atoms with Crippen LogP contribution in [0.15, 0.2) is 78.9 Å². The molecule has 4 aromatic rings. The van der Waals surface area contributed by atoms with E-state index in [0.29, 0.717) is 0 Å². The maximum absolute atomic E-state index is 2.31. The molecule has 4 heteroatoms. The minimum atomic E-state index is 0. The largest absolute Gasteiger partial charge is 4.00 e. The fraction of sp³-hybridized carbons (Fsp3) is 0.231. The summed E-state index contributed by atoms with van der Waals surface area (Å²) >= 11 is 0. The SMILES string of the molecule is CCCC[c-]1cccc1C.Cc1ccccc1Pc1cc2ccccc2[cH-]1.[F-].[F-].[Hf+4]. The summed E-state index contributed by atoms with van der Waals surface area (Å²) in [7, 11) is 0.759. The van der Waals surface area contributed by atoms with E-state index in [1.807, 2.05) is 0 Å². The van der Waals surface area contributed by atoms with Crippen LogP contribution in [0.1, 0.15) is 36.5 Å². The Bertz CT molecular complexity index is 954. The molecule has 1 atom stereocenters. The Kier molecular flexibility index (Phi) is 13.8. The van der Waals surface area contributed by atoms with Gasteiger partial charge in [0.15, 0.2) is 0 Å².